The first kappa shape index (κ1) is 26.8. The molecule has 0 radical (unpaired) electrons. The first-order chi connectivity index (χ1) is 16.2. The van der Waals surface area contributed by atoms with Gasteiger partial charge in [0, 0.05) is 18.1 Å². The van der Waals surface area contributed by atoms with Gasteiger partial charge in [0.1, 0.15) is 29.5 Å². The van der Waals surface area contributed by atoms with Crippen molar-refractivity contribution in [2.45, 2.75) is 47.0 Å². The van der Waals surface area contributed by atoms with Gasteiger partial charge in [0.05, 0.1) is 13.7 Å². The molecular formula is C28H33FO5. The Morgan fingerprint density at radius 3 is 2.35 bits per heavy atom. The number of benzene rings is 2. The highest BCUT2D eigenvalue weighted by atomic mass is 19.1. The Hall–Kier alpha value is -3.41. The zero-order chi connectivity index (χ0) is 25.1. The van der Waals surface area contributed by atoms with Crippen LogP contribution in [0.25, 0.3) is 0 Å². The lowest BCUT2D eigenvalue weighted by Gasteiger charge is -2.16. The van der Waals surface area contributed by atoms with Crippen LogP contribution in [-0.4, -0.2) is 32.1 Å². The molecule has 0 amide bonds. The molecule has 0 aliphatic rings. The molecule has 2 aromatic carbocycles. The second-order valence-corrected chi connectivity index (χ2v) is 8.17. The first-order valence-electron chi connectivity index (χ1n) is 11.3. The highest BCUT2D eigenvalue weighted by molar-refractivity contribution is 6.01. The molecule has 0 aromatic heterocycles. The van der Waals surface area contributed by atoms with Gasteiger partial charge in [-0.2, -0.15) is 0 Å². The maximum atomic E-state index is 13.2. The fourth-order valence-electron chi connectivity index (χ4n) is 3.33. The van der Waals surface area contributed by atoms with Crippen LogP contribution in [0.3, 0.4) is 0 Å². The number of ketones is 1. The van der Waals surface area contributed by atoms with Crippen molar-refractivity contribution < 1.29 is 28.2 Å². The van der Waals surface area contributed by atoms with Crippen molar-refractivity contribution in [3.05, 3.63) is 82.2 Å². The van der Waals surface area contributed by atoms with Gasteiger partial charge in [0.2, 0.25) is 0 Å². The van der Waals surface area contributed by atoms with Crippen LogP contribution in [0.2, 0.25) is 0 Å². The quantitative estimate of drug-likeness (QED) is 0.202. The van der Waals surface area contributed by atoms with Crippen LogP contribution in [0.15, 0.2) is 59.7 Å². The van der Waals surface area contributed by atoms with E-state index in [9.17, 15) is 14.0 Å². The van der Waals surface area contributed by atoms with Crippen molar-refractivity contribution in [1.82, 2.24) is 0 Å². The van der Waals surface area contributed by atoms with E-state index in [1.54, 1.807) is 19.1 Å². The predicted octanol–water partition coefficient (Wildman–Crippen LogP) is 6.51. The molecule has 5 nitrogen and oxygen atoms in total. The lowest BCUT2D eigenvalue weighted by Crippen LogP contribution is -2.14. The fourth-order valence-corrected chi connectivity index (χ4v) is 3.33. The second-order valence-electron chi connectivity index (χ2n) is 8.17. The third-order valence-electron chi connectivity index (χ3n) is 5.15. The molecule has 182 valence electrons. The molecule has 0 unspecified atom stereocenters. The van der Waals surface area contributed by atoms with E-state index in [2.05, 4.69) is 19.9 Å². The Labute approximate surface area is 201 Å². The Balaban J connectivity index is 2.33. The molecule has 0 N–H and O–H groups in total. The Kier molecular flexibility index (Phi) is 10.5. The molecule has 0 saturated heterocycles. The molecule has 0 atom stereocenters. The third-order valence-corrected chi connectivity index (χ3v) is 5.15. The molecule has 0 bridgehead atoms. The molecule has 0 heterocycles. The number of Topliss-reactive ketones (excluding diaryl/α,β-unsaturated/α-hetero) is 1. The van der Waals surface area contributed by atoms with Crippen molar-refractivity contribution in [3.8, 4) is 11.5 Å². The van der Waals surface area contributed by atoms with E-state index < -0.39 is 11.8 Å². The van der Waals surface area contributed by atoms with Crippen molar-refractivity contribution in [2.24, 2.45) is 0 Å². The highest BCUT2D eigenvalue weighted by Gasteiger charge is 2.23. The SMILES string of the molecule is CCOC(=O)c1c(CC(=O)c2ccc(F)cc2)cc(OC)cc1OC/C=C(\C)CCC=C(C)C. The second kappa shape index (κ2) is 13.3. The van der Waals surface area contributed by atoms with Gasteiger partial charge in [-0.3, -0.25) is 4.79 Å². The van der Waals surface area contributed by atoms with Crippen LogP contribution in [0.5, 0.6) is 11.5 Å². The maximum Gasteiger partial charge on any atom is 0.342 e. The lowest BCUT2D eigenvalue weighted by molar-refractivity contribution is 0.0521. The molecule has 2 rings (SSSR count). The third kappa shape index (κ3) is 8.18. The minimum absolute atomic E-state index is 0.0924. The fraction of sp³-hybridized carbons (Fsp3) is 0.357. The first-order valence-corrected chi connectivity index (χ1v) is 11.3. The molecule has 0 fully saturated rings. The van der Waals surface area contributed by atoms with Gasteiger partial charge in [-0.05, 0) is 82.5 Å². The summed E-state index contributed by atoms with van der Waals surface area (Å²) in [4.78, 5) is 25.7. The predicted molar refractivity (Wildman–Crippen MR) is 131 cm³/mol. The van der Waals surface area contributed by atoms with Crippen molar-refractivity contribution in [3.63, 3.8) is 0 Å². The van der Waals surface area contributed by atoms with E-state index in [0.717, 1.165) is 12.8 Å². The van der Waals surface area contributed by atoms with E-state index in [1.165, 1.54) is 42.5 Å². The molecule has 6 heteroatoms. The number of methoxy groups -OCH3 is 1. The van der Waals surface area contributed by atoms with Gasteiger partial charge in [0.15, 0.2) is 5.78 Å². The van der Waals surface area contributed by atoms with Crippen molar-refractivity contribution >= 4 is 11.8 Å². The topological polar surface area (TPSA) is 61.8 Å². The largest absolute Gasteiger partial charge is 0.497 e. The number of halogens is 1. The smallest absolute Gasteiger partial charge is 0.342 e. The summed E-state index contributed by atoms with van der Waals surface area (Å²) in [5, 5.41) is 0. The van der Waals surface area contributed by atoms with E-state index >= 15 is 0 Å². The molecule has 34 heavy (non-hydrogen) atoms. The van der Waals surface area contributed by atoms with Gasteiger partial charge in [0.25, 0.3) is 0 Å². The summed E-state index contributed by atoms with van der Waals surface area (Å²) < 4.78 is 29.8. The maximum absolute atomic E-state index is 13.2. The summed E-state index contributed by atoms with van der Waals surface area (Å²) in [5.74, 6) is -0.529. The van der Waals surface area contributed by atoms with E-state index in [0.29, 0.717) is 16.9 Å². The van der Waals surface area contributed by atoms with Crippen LogP contribution in [0.4, 0.5) is 4.39 Å². The normalized spacial score (nSPS) is 11.1. The van der Waals surface area contributed by atoms with E-state index in [4.69, 9.17) is 14.2 Å². The summed E-state index contributed by atoms with van der Waals surface area (Å²) in [7, 11) is 1.50. The standard InChI is InChI=1S/C28H33FO5/c1-6-33-28(31)27-22(17-25(30)21-10-12-23(29)13-11-21)16-24(32-5)18-26(27)34-15-14-20(4)9-7-8-19(2)3/h8,10-14,16,18H,6-7,9,15,17H2,1-5H3/b20-14+. The number of carbonyl (C=O) groups is 2. The number of carbonyl (C=O) groups excluding carboxylic acids is 2. The summed E-state index contributed by atoms with van der Waals surface area (Å²) in [5.41, 5.74) is 3.41. The van der Waals surface area contributed by atoms with Gasteiger partial charge < -0.3 is 14.2 Å². The summed E-state index contributed by atoms with van der Waals surface area (Å²) in [6.07, 6.45) is 5.92. The number of allylic oxidation sites excluding steroid dienone is 3. The van der Waals surface area contributed by atoms with Crippen LogP contribution in [0.1, 0.15) is 66.8 Å². The Morgan fingerprint density at radius 1 is 1.03 bits per heavy atom. The van der Waals surface area contributed by atoms with Gasteiger partial charge in [-0.25, -0.2) is 9.18 Å². The molecule has 0 aliphatic carbocycles. The zero-order valence-electron chi connectivity index (χ0n) is 20.6. The Morgan fingerprint density at radius 2 is 1.74 bits per heavy atom. The lowest BCUT2D eigenvalue weighted by atomic mass is 9.97. The highest BCUT2D eigenvalue weighted by Crippen LogP contribution is 2.31. The number of hydrogen-bond donors (Lipinski definition) is 0. The zero-order valence-corrected chi connectivity index (χ0v) is 20.6. The van der Waals surface area contributed by atoms with Crippen LogP contribution in [-0.2, 0) is 11.2 Å². The molecule has 0 spiro atoms. The van der Waals surface area contributed by atoms with Crippen LogP contribution < -0.4 is 9.47 Å². The summed E-state index contributed by atoms with van der Waals surface area (Å²) >= 11 is 0. The summed E-state index contributed by atoms with van der Waals surface area (Å²) in [6.45, 7) is 8.32. The average Bonchev–Trinajstić information content (AvgIpc) is 2.79. The monoisotopic (exact) mass is 468 g/mol. The molecule has 0 aliphatic heterocycles. The van der Waals surface area contributed by atoms with Crippen molar-refractivity contribution in [1.29, 1.82) is 0 Å². The van der Waals surface area contributed by atoms with E-state index in [-0.39, 0.29) is 36.7 Å². The summed E-state index contributed by atoms with van der Waals surface area (Å²) in [6, 6.07) is 8.54. The van der Waals surface area contributed by atoms with Crippen LogP contribution in [0, 0.1) is 5.82 Å². The molecule has 2 aromatic rings. The van der Waals surface area contributed by atoms with E-state index in [1.807, 2.05) is 13.0 Å². The molecule has 0 saturated carbocycles. The average molecular weight is 469 g/mol. The number of hydrogen-bond acceptors (Lipinski definition) is 5. The van der Waals surface area contributed by atoms with Crippen molar-refractivity contribution in [2.75, 3.05) is 20.3 Å². The van der Waals surface area contributed by atoms with Gasteiger partial charge in [-0.15, -0.1) is 0 Å². The van der Waals surface area contributed by atoms with Gasteiger partial charge in [-0.1, -0.05) is 17.2 Å². The number of rotatable bonds is 12. The Bertz CT molecular complexity index is 1050. The number of esters is 1. The van der Waals surface area contributed by atoms with Gasteiger partial charge >= 0.3 is 5.97 Å². The number of ether oxygens (including phenoxy) is 3. The minimum Gasteiger partial charge on any atom is -0.497 e. The van der Waals surface area contributed by atoms with Crippen LogP contribution >= 0.6 is 0 Å². The minimum atomic E-state index is -0.577. The molecular weight excluding hydrogens is 435 g/mol.